The van der Waals surface area contributed by atoms with E-state index in [1.54, 1.807) is 21.0 Å². The van der Waals surface area contributed by atoms with Crippen molar-refractivity contribution in [3.8, 4) is 0 Å². The summed E-state index contributed by atoms with van der Waals surface area (Å²) in [5.41, 5.74) is 4.92. The third kappa shape index (κ3) is 3.60. The van der Waals surface area contributed by atoms with Gasteiger partial charge >= 0.3 is 0 Å². The third-order valence-electron chi connectivity index (χ3n) is 1.37. The van der Waals surface area contributed by atoms with Gasteiger partial charge in [-0.05, 0) is 0 Å². The molecule has 0 unspecified atom stereocenters. The monoisotopic (exact) mass is 158 g/mol. The Kier molecular flexibility index (Phi) is 3.57. The lowest BCUT2D eigenvalue weighted by molar-refractivity contribution is -0.135. The van der Waals surface area contributed by atoms with E-state index in [2.05, 4.69) is 0 Å². The molecule has 0 bridgehead atoms. The molecule has 11 heavy (non-hydrogen) atoms. The first-order valence-corrected chi connectivity index (χ1v) is 3.44. The van der Waals surface area contributed by atoms with Gasteiger partial charge in [-0.15, -0.1) is 0 Å². The van der Waals surface area contributed by atoms with Crippen molar-refractivity contribution in [3.05, 3.63) is 0 Å². The Bertz CT molecular complexity index is 166. The minimum Gasteiger partial charge on any atom is -0.370 e. The van der Waals surface area contributed by atoms with Gasteiger partial charge in [0.1, 0.15) is 0 Å². The maximum Gasteiger partial charge on any atom is 0.225 e. The number of nitrogens with zero attached hydrogens (tertiary/aromatic N) is 1. The molecule has 2 amide bonds. The average Bonchev–Trinajstić information content (AvgIpc) is 1.84. The van der Waals surface area contributed by atoms with Gasteiger partial charge in [0, 0.05) is 26.4 Å². The Labute approximate surface area is 66.4 Å². The Balaban J connectivity index is 3.93. The first-order valence-electron chi connectivity index (χ1n) is 3.44. The van der Waals surface area contributed by atoms with Crippen LogP contribution in [-0.4, -0.2) is 30.8 Å². The van der Waals surface area contributed by atoms with Crippen LogP contribution >= 0.6 is 0 Å². The van der Waals surface area contributed by atoms with Gasteiger partial charge in [0.05, 0.1) is 0 Å². The molecule has 0 saturated heterocycles. The third-order valence-corrected chi connectivity index (χ3v) is 1.37. The highest BCUT2D eigenvalue weighted by molar-refractivity contribution is 5.84. The molecule has 0 aliphatic carbocycles. The van der Waals surface area contributed by atoms with Crippen LogP contribution in [0.5, 0.6) is 0 Å². The highest BCUT2D eigenvalue weighted by Gasteiger charge is 2.16. The number of carbonyl (C=O) groups is 2. The van der Waals surface area contributed by atoms with E-state index in [0.717, 1.165) is 0 Å². The first-order chi connectivity index (χ1) is 4.95. The van der Waals surface area contributed by atoms with E-state index < -0.39 is 5.91 Å². The zero-order valence-corrected chi connectivity index (χ0v) is 7.13. The molecule has 0 saturated carbocycles. The summed E-state index contributed by atoms with van der Waals surface area (Å²) in [6.45, 7) is 1.69. The summed E-state index contributed by atoms with van der Waals surface area (Å²) >= 11 is 0. The number of rotatable bonds is 3. The SMILES string of the molecule is C[C@@H](CC(N)=O)C(=O)N(C)C. The Morgan fingerprint density at radius 2 is 1.91 bits per heavy atom. The van der Waals surface area contributed by atoms with Gasteiger partial charge in [-0.3, -0.25) is 9.59 Å². The van der Waals surface area contributed by atoms with Gasteiger partial charge < -0.3 is 10.6 Å². The van der Waals surface area contributed by atoms with E-state index in [0.29, 0.717) is 0 Å². The van der Waals surface area contributed by atoms with Gasteiger partial charge in [-0.25, -0.2) is 0 Å². The summed E-state index contributed by atoms with van der Waals surface area (Å²) in [5, 5.41) is 0. The van der Waals surface area contributed by atoms with E-state index in [9.17, 15) is 9.59 Å². The first kappa shape index (κ1) is 9.94. The smallest absolute Gasteiger partial charge is 0.225 e. The summed E-state index contributed by atoms with van der Waals surface area (Å²) < 4.78 is 0. The molecule has 0 aromatic heterocycles. The fraction of sp³-hybridized carbons (Fsp3) is 0.714. The van der Waals surface area contributed by atoms with Crippen LogP contribution in [0.15, 0.2) is 0 Å². The van der Waals surface area contributed by atoms with Gasteiger partial charge in [-0.2, -0.15) is 0 Å². The van der Waals surface area contributed by atoms with E-state index in [1.807, 2.05) is 0 Å². The van der Waals surface area contributed by atoms with Crippen molar-refractivity contribution in [2.45, 2.75) is 13.3 Å². The predicted octanol–water partition coefficient (Wildman–Crippen LogP) is -0.414. The summed E-state index contributed by atoms with van der Waals surface area (Å²) in [5.74, 6) is -0.806. The lowest BCUT2D eigenvalue weighted by atomic mass is 10.1. The molecule has 0 aliphatic heterocycles. The molecule has 0 fully saturated rings. The van der Waals surface area contributed by atoms with E-state index >= 15 is 0 Å². The van der Waals surface area contributed by atoms with E-state index in [-0.39, 0.29) is 18.2 Å². The quantitative estimate of drug-likeness (QED) is 0.606. The van der Waals surface area contributed by atoms with Crippen molar-refractivity contribution >= 4 is 11.8 Å². The lowest BCUT2D eigenvalue weighted by Crippen LogP contribution is -2.30. The standard InChI is InChI=1S/C7H14N2O2/c1-5(4-6(8)10)7(11)9(2)3/h5H,4H2,1-3H3,(H2,8,10)/t5-/m0/s1. The van der Waals surface area contributed by atoms with E-state index in [4.69, 9.17) is 5.73 Å². The summed E-state index contributed by atoms with van der Waals surface area (Å²) in [6.07, 6.45) is 0.122. The summed E-state index contributed by atoms with van der Waals surface area (Å²) in [6, 6.07) is 0. The largest absolute Gasteiger partial charge is 0.370 e. The Morgan fingerprint density at radius 3 is 2.18 bits per heavy atom. The number of hydrogen-bond donors (Lipinski definition) is 1. The highest BCUT2D eigenvalue weighted by Crippen LogP contribution is 2.03. The molecule has 2 N–H and O–H groups in total. The molecule has 0 aliphatic rings. The summed E-state index contributed by atoms with van der Waals surface area (Å²) in [4.78, 5) is 22.9. The second-order valence-electron chi connectivity index (χ2n) is 2.80. The molecule has 64 valence electrons. The van der Waals surface area contributed by atoms with Crippen molar-refractivity contribution in [2.24, 2.45) is 11.7 Å². The van der Waals surface area contributed by atoms with Crippen LogP contribution in [0.25, 0.3) is 0 Å². The topological polar surface area (TPSA) is 63.4 Å². The maximum absolute atomic E-state index is 11.1. The molecular weight excluding hydrogens is 144 g/mol. The predicted molar refractivity (Wildman–Crippen MR) is 41.7 cm³/mol. The Hall–Kier alpha value is -1.06. The van der Waals surface area contributed by atoms with Crippen LogP contribution in [0.4, 0.5) is 0 Å². The molecule has 0 aromatic carbocycles. The van der Waals surface area contributed by atoms with Gasteiger partial charge in [0.2, 0.25) is 11.8 Å². The van der Waals surface area contributed by atoms with Crippen molar-refractivity contribution in [1.29, 1.82) is 0 Å². The van der Waals surface area contributed by atoms with Crippen molar-refractivity contribution in [2.75, 3.05) is 14.1 Å². The van der Waals surface area contributed by atoms with Gasteiger partial charge in [0.25, 0.3) is 0 Å². The number of nitrogens with two attached hydrogens (primary N) is 1. The fourth-order valence-corrected chi connectivity index (χ4v) is 0.830. The summed E-state index contributed by atoms with van der Waals surface area (Å²) in [7, 11) is 3.31. The molecule has 4 nitrogen and oxygen atoms in total. The zero-order valence-electron chi connectivity index (χ0n) is 7.13. The van der Waals surface area contributed by atoms with Gasteiger partial charge in [0.15, 0.2) is 0 Å². The van der Waals surface area contributed by atoms with Crippen LogP contribution < -0.4 is 5.73 Å². The van der Waals surface area contributed by atoms with Crippen LogP contribution in [-0.2, 0) is 9.59 Å². The molecule has 0 heterocycles. The van der Waals surface area contributed by atoms with Crippen LogP contribution in [0.3, 0.4) is 0 Å². The zero-order chi connectivity index (χ0) is 9.02. The number of hydrogen-bond acceptors (Lipinski definition) is 2. The molecular formula is C7H14N2O2. The van der Waals surface area contributed by atoms with Crippen LogP contribution in [0.1, 0.15) is 13.3 Å². The molecule has 0 radical (unpaired) electrons. The highest BCUT2D eigenvalue weighted by atomic mass is 16.2. The number of primary amides is 1. The normalized spacial score (nSPS) is 12.3. The van der Waals surface area contributed by atoms with Crippen molar-refractivity contribution in [3.63, 3.8) is 0 Å². The molecule has 4 heteroatoms. The Morgan fingerprint density at radius 1 is 1.45 bits per heavy atom. The fourth-order valence-electron chi connectivity index (χ4n) is 0.830. The van der Waals surface area contributed by atoms with Crippen LogP contribution in [0, 0.1) is 5.92 Å². The van der Waals surface area contributed by atoms with Crippen molar-refractivity contribution < 1.29 is 9.59 Å². The van der Waals surface area contributed by atoms with Crippen molar-refractivity contribution in [1.82, 2.24) is 4.90 Å². The molecule has 0 spiro atoms. The average molecular weight is 158 g/mol. The lowest BCUT2D eigenvalue weighted by Gasteiger charge is -2.14. The molecule has 1 atom stereocenters. The maximum atomic E-state index is 11.1. The minimum absolute atomic E-state index is 0.0659. The molecule has 0 aromatic rings. The van der Waals surface area contributed by atoms with Gasteiger partial charge in [-0.1, -0.05) is 6.92 Å². The minimum atomic E-state index is -0.437. The van der Waals surface area contributed by atoms with E-state index in [1.165, 1.54) is 4.90 Å². The second-order valence-corrected chi connectivity index (χ2v) is 2.80. The number of amides is 2. The number of carbonyl (C=O) groups excluding carboxylic acids is 2. The van der Waals surface area contributed by atoms with Crippen LogP contribution in [0.2, 0.25) is 0 Å². The second kappa shape index (κ2) is 3.95. The molecule has 0 rings (SSSR count).